The van der Waals surface area contributed by atoms with Crippen LogP contribution in [0.15, 0.2) is 23.8 Å². The number of allylic oxidation sites excluding steroid dienone is 1. The molecule has 0 unspecified atom stereocenters. The van der Waals surface area contributed by atoms with Crippen LogP contribution in [0.5, 0.6) is 0 Å². The summed E-state index contributed by atoms with van der Waals surface area (Å²) in [6, 6.07) is 0. The summed E-state index contributed by atoms with van der Waals surface area (Å²) in [6.07, 6.45) is 8.09. The maximum Gasteiger partial charge on any atom is 0.330 e. The third-order valence-electron chi connectivity index (χ3n) is 2.84. The lowest BCUT2D eigenvalue weighted by atomic mass is 9.88. The van der Waals surface area contributed by atoms with Gasteiger partial charge in [0, 0.05) is 11.1 Å². The molecule has 0 aromatic carbocycles. The van der Waals surface area contributed by atoms with E-state index >= 15 is 0 Å². The first-order chi connectivity index (χ1) is 8.34. The third-order valence-corrected chi connectivity index (χ3v) is 2.84. The fourth-order valence-electron chi connectivity index (χ4n) is 1.73. The second-order valence-corrected chi connectivity index (χ2v) is 4.64. The Morgan fingerprint density at radius 3 is 1.83 bits per heavy atom. The Kier molecular flexibility index (Phi) is 7.76. The number of aliphatic carboxylic acids is 2. The Hall–Kier alpha value is -1.58. The minimum absolute atomic E-state index is 0.176. The summed E-state index contributed by atoms with van der Waals surface area (Å²) in [5.74, 6) is -1.19. The summed E-state index contributed by atoms with van der Waals surface area (Å²) in [7, 11) is 0. The van der Waals surface area contributed by atoms with E-state index < -0.39 is 11.9 Å². The molecule has 0 bridgehead atoms. The molecule has 0 aromatic heterocycles. The first-order valence-electron chi connectivity index (χ1n) is 6.15. The number of rotatable bonds is 3. The molecule has 1 fully saturated rings. The minimum atomic E-state index is -0.935. The molecule has 4 nitrogen and oxygen atoms in total. The van der Waals surface area contributed by atoms with E-state index in [1.807, 2.05) is 6.08 Å². The SMILES string of the molecule is C=C(C)C(=O)O.CC(=CC1CCCCC1)C(=O)O. The number of carbonyl (C=O) groups is 2. The molecular formula is C14H22O4. The zero-order valence-corrected chi connectivity index (χ0v) is 11.1. The molecule has 1 aliphatic rings. The topological polar surface area (TPSA) is 74.6 Å². The molecule has 1 rings (SSSR count). The van der Waals surface area contributed by atoms with Gasteiger partial charge in [0.15, 0.2) is 0 Å². The Bertz CT molecular complexity index is 324. The van der Waals surface area contributed by atoms with E-state index in [1.54, 1.807) is 6.92 Å². The quantitative estimate of drug-likeness (QED) is 0.758. The Balaban J connectivity index is 0.000000411. The largest absolute Gasteiger partial charge is 0.478 e. The molecule has 1 aliphatic carbocycles. The van der Waals surface area contributed by atoms with Gasteiger partial charge in [-0.2, -0.15) is 0 Å². The van der Waals surface area contributed by atoms with E-state index in [2.05, 4.69) is 6.58 Å². The molecule has 0 aliphatic heterocycles. The molecule has 18 heavy (non-hydrogen) atoms. The number of hydrogen-bond acceptors (Lipinski definition) is 2. The number of carboxylic acids is 2. The molecule has 0 atom stereocenters. The summed E-state index contributed by atoms with van der Waals surface area (Å²) in [6.45, 7) is 6.28. The zero-order chi connectivity index (χ0) is 14.1. The minimum Gasteiger partial charge on any atom is -0.478 e. The van der Waals surface area contributed by atoms with Gasteiger partial charge in [-0.25, -0.2) is 9.59 Å². The highest BCUT2D eigenvalue weighted by atomic mass is 16.4. The van der Waals surface area contributed by atoms with Gasteiger partial charge in [0.05, 0.1) is 0 Å². The normalized spacial score (nSPS) is 16.4. The van der Waals surface area contributed by atoms with Gasteiger partial charge in [-0.3, -0.25) is 0 Å². The van der Waals surface area contributed by atoms with Crippen LogP contribution in [0.2, 0.25) is 0 Å². The number of hydrogen-bond donors (Lipinski definition) is 2. The zero-order valence-electron chi connectivity index (χ0n) is 11.1. The predicted molar refractivity (Wildman–Crippen MR) is 70.4 cm³/mol. The molecule has 1 saturated carbocycles. The monoisotopic (exact) mass is 254 g/mol. The van der Waals surface area contributed by atoms with Crippen molar-refractivity contribution in [1.82, 2.24) is 0 Å². The van der Waals surface area contributed by atoms with Crippen LogP contribution in [0.25, 0.3) is 0 Å². The van der Waals surface area contributed by atoms with Crippen LogP contribution in [0.4, 0.5) is 0 Å². The Morgan fingerprint density at radius 2 is 1.50 bits per heavy atom. The maximum absolute atomic E-state index is 10.5. The second-order valence-electron chi connectivity index (χ2n) is 4.64. The number of carboxylic acid groups (broad SMARTS) is 2. The van der Waals surface area contributed by atoms with E-state index in [0.29, 0.717) is 11.5 Å². The highest BCUT2D eigenvalue weighted by Crippen LogP contribution is 2.25. The van der Waals surface area contributed by atoms with Gasteiger partial charge in [-0.1, -0.05) is 31.9 Å². The molecule has 0 aromatic rings. The molecule has 102 valence electrons. The van der Waals surface area contributed by atoms with Crippen LogP contribution in [0.1, 0.15) is 46.0 Å². The van der Waals surface area contributed by atoms with Crippen molar-refractivity contribution in [3.8, 4) is 0 Å². The second kappa shape index (κ2) is 8.50. The van der Waals surface area contributed by atoms with Crippen LogP contribution in [0.3, 0.4) is 0 Å². The lowest BCUT2D eigenvalue weighted by molar-refractivity contribution is -0.133. The van der Waals surface area contributed by atoms with Gasteiger partial charge in [0.1, 0.15) is 0 Å². The fourth-order valence-corrected chi connectivity index (χ4v) is 1.73. The molecule has 0 saturated heterocycles. The van der Waals surface area contributed by atoms with Gasteiger partial charge in [-0.05, 0) is 32.6 Å². The van der Waals surface area contributed by atoms with E-state index in [9.17, 15) is 9.59 Å². The van der Waals surface area contributed by atoms with Crippen LogP contribution >= 0.6 is 0 Å². The smallest absolute Gasteiger partial charge is 0.330 e. The van der Waals surface area contributed by atoms with Gasteiger partial charge in [0.2, 0.25) is 0 Å². The van der Waals surface area contributed by atoms with Crippen molar-refractivity contribution >= 4 is 11.9 Å². The van der Waals surface area contributed by atoms with Crippen molar-refractivity contribution in [3.05, 3.63) is 23.8 Å². The molecule has 0 spiro atoms. The van der Waals surface area contributed by atoms with Crippen molar-refractivity contribution in [2.45, 2.75) is 46.0 Å². The van der Waals surface area contributed by atoms with Gasteiger partial charge < -0.3 is 10.2 Å². The first-order valence-corrected chi connectivity index (χ1v) is 6.15. The molecule has 2 N–H and O–H groups in total. The summed E-state index contributed by atoms with van der Waals surface area (Å²) in [5, 5.41) is 16.5. The van der Waals surface area contributed by atoms with Crippen molar-refractivity contribution in [3.63, 3.8) is 0 Å². The van der Waals surface area contributed by atoms with Crippen molar-refractivity contribution < 1.29 is 19.8 Å². The Labute approximate surface area is 108 Å². The van der Waals surface area contributed by atoms with Crippen LogP contribution < -0.4 is 0 Å². The average Bonchev–Trinajstić information content (AvgIpc) is 2.30. The molecule has 0 radical (unpaired) electrons. The Morgan fingerprint density at radius 1 is 1.06 bits per heavy atom. The summed E-state index contributed by atoms with van der Waals surface area (Å²) < 4.78 is 0. The van der Waals surface area contributed by atoms with Crippen LogP contribution in [-0.2, 0) is 9.59 Å². The molecule has 0 heterocycles. The van der Waals surface area contributed by atoms with E-state index in [4.69, 9.17) is 10.2 Å². The van der Waals surface area contributed by atoms with Crippen molar-refractivity contribution in [2.75, 3.05) is 0 Å². The lowest BCUT2D eigenvalue weighted by Crippen LogP contribution is -2.06. The molecule has 0 amide bonds. The standard InChI is InChI=1S/C10H16O2.C4H6O2/c1-8(10(11)12)7-9-5-3-2-4-6-9;1-3(2)4(5)6/h7,9H,2-6H2,1H3,(H,11,12);1H2,2H3,(H,5,6). The van der Waals surface area contributed by atoms with Crippen LogP contribution in [-0.4, -0.2) is 22.2 Å². The predicted octanol–water partition coefficient (Wildman–Crippen LogP) is 3.24. The highest BCUT2D eigenvalue weighted by Gasteiger charge is 2.12. The van der Waals surface area contributed by atoms with Gasteiger partial charge in [0.25, 0.3) is 0 Å². The first kappa shape index (κ1) is 16.4. The van der Waals surface area contributed by atoms with E-state index in [0.717, 1.165) is 0 Å². The molecule has 4 heteroatoms. The maximum atomic E-state index is 10.5. The summed E-state index contributed by atoms with van der Waals surface area (Å²) >= 11 is 0. The van der Waals surface area contributed by atoms with Crippen molar-refractivity contribution in [2.24, 2.45) is 5.92 Å². The fraction of sp³-hybridized carbons (Fsp3) is 0.571. The van der Waals surface area contributed by atoms with Crippen LogP contribution in [0, 0.1) is 5.92 Å². The van der Waals surface area contributed by atoms with E-state index in [1.165, 1.54) is 39.0 Å². The highest BCUT2D eigenvalue weighted by molar-refractivity contribution is 5.85. The van der Waals surface area contributed by atoms with Gasteiger partial charge in [-0.15, -0.1) is 0 Å². The summed E-state index contributed by atoms with van der Waals surface area (Å²) in [4.78, 5) is 20.1. The van der Waals surface area contributed by atoms with Crippen molar-refractivity contribution in [1.29, 1.82) is 0 Å². The molecular weight excluding hydrogens is 232 g/mol. The van der Waals surface area contributed by atoms with E-state index in [-0.39, 0.29) is 5.57 Å². The van der Waals surface area contributed by atoms with Gasteiger partial charge >= 0.3 is 11.9 Å². The lowest BCUT2D eigenvalue weighted by Gasteiger charge is -2.18. The summed E-state index contributed by atoms with van der Waals surface area (Å²) in [5.41, 5.74) is 0.678. The average molecular weight is 254 g/mol. The third kappa shape index (κ3) is 7.65.